The van der Waals surface area contributed by atoms with E-state index < -0.39 is 6.23 Å². The van der Waals surface area contributed by atoms with Crippen molar-refractivity contribution < 1.29 is 18.7 Å². The van der Waals surface area contributed by atoms with Gasteiger partial charge in [0, 0.05) is 22.6 Å². The molecule has 1 N–H and O–H groups in total. The highest BCUT2D eigenvalue weighted by Crippen LogP contribution is 2.40. The van der Waals surface area contributed by atoms with Gasteiger partial charge in [0.25, 0.3) is 0 Å². The minimum Gasteiger partial charge on any atom is -0.462 e. The summed E-state index contributed by atoms with van der Waals surface area (Å²) in [5.74, 6) is 2.18. The summed E-state index contributed by atoms with van der Waals surface area (Å²) >= 11 is 1.54. The molecule has 8 nitrogen and oxygen atoms in total. The maximum Gasteiger partial charge on any atom is 0.338 e. The van der Waals surface area contributed by atoms with E-state index in [1.807, 2.05) is 48.5 Å². The molecule has 0 radical (unpaired) electrons. The lowest BCUT2D eigenvalue weighted by Crippen LogP contribution is -2.16. The number of ether oxygens (including phenoxy) is 2. The Bertz CT molecular complexity index is 1340. The van der Waals surface area contributed by atoms with E-state index in [0.29, 0.717) is 40.4 Å². The number of benzene rings is 2. The molecule has 0 bridgehead atoms. The van der Waals surface area contributed by atoms with Crippen molar-refractivity contribution in [1.82, 2.24) is 15.2 Å². The molecule has 0 saturated heterocycles. The predicted octanol–water partition coefficient (Wildman–Crippen LogP) is 5.98. The summed E-state index contributed by atoms with van der Waals surface area (Å²) in [6, 6.07) is 18.6. The zero-order valence-electron chi connectivity index (χ0n) is 19.4. The number of hydrogen-bond acceptors (Lipinski definition) is 9. The van der Waals surface area contributed by atoms with Crippen molar-refractivity contribution in [3.63, 3.8) is 0 Å². The standard InChI is InChI=1S/C26H24N4O4S/c1-3-15-35-26-28-24-22(29-30-26)18-7-5-6-8-19(18)27-23(34-24)21-14-13-20(33-21)16-9-11-17(12-10-16)25(31)32-4-2/h5-14,23,27H,3-4,15H2,1-2H3/t23-/m0/s1. The Labute approximate surface area is 207 Å². The normalized spacial score (nSPS) is 14.2. The van der Waals surface area contributed by atoms with Crippen LogP contribution in [0.15, 0.2) is 70.2 Å². The van der Waals surface area contributed by atoms with Gasteiger partial charge in [0.1, 0.15) is 5.76 Å². The minimum absolute atomic E-state index is 0.335. The van der Waals surface area contributed by atoms with Crippen molar-refractivity contribution in [3.05, 3.63) is 72.0 Å². The Balaban J connectivity index is 1.45. The van der Waals surface area contributed by atoms with E-state index in [9.17, 15) is 4.79 Å². The molecule has 0 aliphatic carbocycles. The van der Waals surface area contributed by atoms with E-state index >= 15 is 0 Å². The van der Waals surface area contributed by atoms with Crippen LogP contribution >= 0.6 is 11.8 Å². The third-order valence-electron chi connectivity index (χ3n) is 5.33. The number of nitrogens with zero attached hydrogens (tertiary/aromatic N) is 3. The molecule has 1 aliphatic rings. The summed E-state index contributed by atoms with van der Waals surface area (Å²) in [6.07, 6.45) is 0.389. The van der Waals surface area contributed by atoms with Crippen LogP contribution in [0.2, 0.25) is 0 Å². The van der Waals surface area contributed by atoms with Gasteiger partial charge in [0.15, 0.2) is 11.5 Å². The number of fused-ring (bicyclic) bond motifs is 3. The number of carbonyl (C=O) groups excluding carboxylic acids is 1. The number of rotatable bonds is 7. The smallest absolute Gasteiger partial charge is 0.338 e. The van der Waals surface area contributed by atoms with E-state index in [4.69, 9.17) is 13.9 Å². The molecule has 1 aliphatic heterocycles. The van der Waals surface area contributed by atoms with E-state index in [0.717, 1.165) is 29.0 Å². The maximum absolute atomic E-state index is 11.9. The van der Waals surface area contributed by atoms with Gasteiger partial charge in [-0.25, -0.2) is 4.79 Å². The number of hydrogen-bond donors (Lipinski definition) is 1. The van der Waals surface area contributed by atoms with E-state index in [2.05, 4.69) is 27.4 Å². The van der Waals surface area contributed by atoms with Crippen LogP contribution in [0.1, 0.15) is 42.6 Å². The van der Waals surface area contributed by atoms with Crippen LogP contribution in [-0.2, 0) is 4.74 Å². The van der Waals surface area contributed by atoms with Crippen LogP contribution in [0.4, 0.5) is 5.69 Å². The van der Waals surface area contributed by atoms with Crippen molar-refractivity contribution in [2.24, 2.45) is 0 Å². The van der Waals surface area contributed by atoms with Crippen LogP contribution in [0.25, 0.3) is 22.6 Å². The summed E-state index contributed by atoms with van der Waals surface area (Å²) < 4.78 is 17.5. The first-order valence-corrected chi connectivity index (χ1v) is 12.4. The fraction of sp³-hybridized carbons (Fsp3) is 0.231. The van der Waals surface area contributed by atoms with Crippen molar-refractivity contribution in [2.75, 3.05) is 17.7 Å². The second-order valence-corrected chi connectivity index (χ2v) is 8.85. The second kappa shape index (κ2) is 10.2. The highest BCUT2D eigenvalue weighted by Gasteiger charge is 2.28. The molecule has 35 heavy (non-hydrogen) atoms. The molecule has 3 heterocycles. The average Bonchev–Trinajstić information content (AvgIpc) is 3.32. The first kappa shape index (κ1) is 22.9. The van der Waals surface area contributed by atoms with Crippen molar-refractivity contribution in [3.8, 4) is 28.5 Å². The Morgan fingerprint density at radius 1 is 1.06 bits per heavy atom. The molecule has 0 unspecified atom stereocenters. The van der Waals surface area contributed by atoms with Crippen LogP contribution < -0.4 is 10.1 Å². The van der Waals surface area contributed by atoms with Crippen molar-refractivity contribution >= 4 is 23.4 Å². The lowest BCUT2D eigenvalue weighted by Gasteiger charge is -2.16. The fourth-order valence-electron chi connectivity index (χ4n) is 3.66. The molecule has 0 saturated carbocycles. The van der Waals surface area contributed by atoms with Gasteiger partial charge in [0.2, 0.25) is 17.3 Å². The molecule has 0 spiro atoms. The van der Waals surface area contributed by atoms with E-state index in [-0.39, 0.29) is 5.97 Å². The fourth-order valence-corrected chi connectivity index (χ4v) is 4.30. The number of carbonyl (C=O) groups is 1. The number of esters is 1. The number of aromatic nitrogens is 3. The third-order valence-corrected chi connectivity index (χ3v) is 6.38. The van der Waals surface area contributed by atoms with Gasteiger partial charge in [0.05, 0.1) is 12.2 Å². The van der Waals surface area contributed by atoms with Crippen LogP contribution in [0, 0.1) is 0 Å². The lowest BCUT2D eigenvalue weighted by atomic mass is 10.1. The lowest BCUT2D eigenvalue weighted by molar-refractivity contribution is 0.0526. The molecule has 0 amide bonds. The first-order chi connectivity index (χ1) is 17.2. The number of anilines is 1. The van der Waals surface area contributed by atoms with E-state index in [1.54, 1.807) is 30.8 Å². The third kappa shape index (κ3) is 4.85. The van der Waals surface area contributed by atoms with Crippen LogP contribution in [0.5, 0.6) is 5.88 Å². The Morgan fingerprint density at radius 3 is 2.69 bits per heavy atom. The van der Waals surface area contributed by atoms with Gasteiger partial charge in [-0.2, -0.15) is 4.98 Å². The number of furan rings is 1. The van der Waals surface area contributed by atoms with Gasteiger partial charge >= 0.3 is 5.97 Å². The predicted molar refractivity (Wildman–Crippen MR) is 133 cm³/mol. The van der Waals surface area contributed by atoms with Gasteiger partial charge in [-0.1, -0.05) is 49.0 Å². The van der Waals surface area contributed by atoms with Gasteiger partial charge < -0.3 is 19.2 Å². The van der Waals surface area contributed by atoms with Gasteiger partial charge in [-0.15, -0.1) is 10.2 Å². The summed E-state index contributed by atoms with van der Waals surface area (Å²) in [7, 11) is 0. The molecule has 1 atom stereocenters. The highest BCUT2D eigenvalue weighted by molar-refractivity contribution is 7.99. The first-order valence-electron chi connectivity index (χ1n) is 11.4. The highest BCUT2D eigenvalue weighted by atomic mass is 32.2. The molecule has 9 heteroatoms. The number of thioether (sulfide) groups is 1. The Hall–Kier alpha value is -3.85. The number of para-hydroxylation sites is 1. The molecular formula is C26H24N4O4S. The molecule has 2 aromatic heterocycles. The molecule has 4 aromatic rings. The molecule has 2 aromatic carbocycles. The topological polar surface area (TPSA) is 99.4 Å². The minimum atomic E-state index is -0.620. The van der Waals surface area contributed by atoms with Crippen LogP contribution in [-0.4, -0.2) is 33.5 Å². The molecular weight excluding hydrogens is 464 g/mol. The Morgan fingerprint density at radius 2 is 1.89 bits per heavy atom. The molecule has 0 fully saturated rings. The monoisotopic (exact) mass is 488 g/mol. The second-order valence-electron chi connectivity index (χ2n) is 7.78. The van der Waals surface area contributed by atoms with E-state index in [1.165, 1.54) is 0 Å². The van der Waals surface area contributed by atoms with Gasteiger partial charge in [-0.3, -0.25) is 0 Å². The molecule has 178 valence electrons. The van der Waals surface area contributed by atoms with Crippen LogP contribution in [0.3, 0.4) is 0 Å². The SMILES string of the molecule is CCCSc1nnc2c(n1)O[C@@H](c1ccc(-c3ccc(C(=O)OCC)cc3)o1)Nc1ccccc1-2. The van der Waals surface area contributed by atoms with Crippen molar-refractivity contribution in [1.29, 1.82) is 0 Å². The summed E-state index contributed by atoms with van der Waals surface area (Å²) in [4.78, 5) is 16.6. The molecule has 5 rings (SSSR count). The summed E-state index contributed by atoms with van der Waals surface area (Å²) in [5.41, 5.74) is 3.61. The largest absolute Gasteiger partial charge is 0.462 e. The number of nitrogens with one attached hydrogen (secondary N) is 1. The summed E-state index contributed by atoms with van der Waals surface area (Å²) in [5, 5.41) is 12.7. The zero-order valence-corrected chi connectivity index (χ0v) is 20.2. The Kier molecular flexibility index (Phi) is 6.67. The quantitative estimate of drug-likeness (QED) is 0.249. The van der Waals surface area contributed by atoms with Gasteiger partial charge in [-0.05, 0) is 43.7 Å². The zero-order chi connectivity index (χ0) is 24.2. The maximum atomic E-state index is 11.9. The van der Waals surface area contributed by atoms with Crippen molar-refractivity contribution in [2.45, 2.75) is 31.7 Å². The average molecular weight is 489 g/mol. The summed E-state index contributed by atoms with van der Waals surface area (Å²) in [6.45, 7) is 4.22.